The van der Waals surface area contributed by atoms with Gasteiger partial charge in [0.2, 0.25) is 0 Å². The van der Waals surface area contributed by atoms with Crippen LogP contribution in [0, 0.1) is 0 Å². The molecule has 0 atom stereocenters. The van der Waals surface area contributed by atoms with E-state index in [-0.39, 0.29) is 24.0 Å². The monoisotopic (exact) mass is 523 g/mol. The molecule has 0 unspecified atom stereocenters. The summed E-state index contributed by atoms with van der Waals surface area (Å²) in [5.74, 6) is 1.53. The molecule has 7 nitrogen and oxygen atoms in total. The Morgan fingerprint density at radius 3 is 2.52 bits per heavy atom. The number of piperazine rings is 1. The number of nitrogens with zero attached hydrogens (tertiary/aromatic N) is 6. The number of aryl methyl sites for hydroxylation is 1. The third-order valence-corrected chi connectivity index (χ3v) is 4.63. The van der Waals surface area contributed by atoms with E-state index >= 15 is 0 Å². The van der Waals surface area contributed by atoms with Gasteiger partial charge >= 0.3 is 6.18 Å². The highest BCUT2D eigenvalue weighted by Crippen LogP contribution is 2.31. The summed E-state index contributed by atoms with van der Waals surface area (Å²) in [5, 5.41) is 11.2. The minimum absolute atomic E-state index is 0. The minimum Gasteiger partial charge on any atom is -0.368 e. The van der Waals surface area contributed by atoms with Crippen LogP contribution in [0.3, 0.4) is 0 Å². The molecular formula is C18H25F3IN7. The van der Waals surface area contributed by atoms with E-state index < -0.39 is 11.7 Å². The molecule has 3 rings (SSSR count). The SMILES string of the molecule is CCNC(=NCc1nncn1C)N1CCN(c2cccc(C(F)(F)F)c2)CC1.I. The summed E-state index contributed by atoms with van der Waals surface area (Å²) in [5.41, 5.74) is -0.0264. The molecule has 1 fully saturated rings. The molecule has 1 N–H and O–H groups in total. The number of rotatable bonds is 4. The first-order valence-electron chi connectivity index (χ1n) is 9.17. The Morgan fingerprint density at radius 2 is 1.93 bits per heavy atom. The minimum atomic E-state index is -4.33. The van der Waals surface area contributed by atoms with Crippen molar-refractivity contribution in [3.8, 4) is 0 Å². The van der Waals surface area contributed by atoms with E-state index in [4.69, 9.17) is 0 Å². The number of benzene rings is 1. The molecule has 29 heavy (non-hydrogen) atoms. The van der Waals surface area contributed by atoms with Crippen LogP contribution >= 0.6 is 24.0 Å². The van der Waals surface area contributed by atoms with E-state index in [1.54, 1.807) is 12.4 Å². The van der Waals surface area contributed by atoms with E-state index in [0.29, 0.717) is 38.4 Å². The summed E-state index contributed by atoms with van der Waals surface area (Å²) in [7, 11) is 1.87. The van der Waals surface area contributed by atoms with Crippen molar-refractivity contribution < 1.29 is 13.2 Å². The number of aliphatic imine (C=N–C) groups is 1. The standard InChI is InChI=1S/C18H24F3N7.HI/c1-3-22-17(23-12-16-25-24-13-26(16)2)28-9-7-27(8-10-28)15-6-4-5-14(11-15)18(19,20)21;/h4-6,11,13H,3,7-10,12H2,1-2H3,(H,22,23);1H. The predicted octanol–water partition coefficient (Wildman–Crippen LogP) is 2.74. The smallest absolute Gasteiger partial charge is 0.368 e. The van der Waals surface area contributed by atoms with Crippen molar-refractivity contribution in [2.45, 2.75) is 19.6 Å². The third-order valence-electron chi connectivity index (χ3n) is 4.63. The van der Waals surface area contributed by atoms with Crippen molar-refractivity contribution in [1.29, 1.82) is 0 Å². The van der Waals surface area contributed by atoms with Crippen LogP contribution < -0.4 is 10.2 Å². The highest BCUT2D eigenvalue weighted by Gasteiger charge is 2.31. The van der Waals surface area contributed by atoms with E-state index in [9.17, 15) is 13.2 Å². The lowest BCUT2D eigenvalue weighted by Crippen LogP contribution is -2.52. The summed E-state index contributed by atoms with van der Waals surface area (Å²) >= 11 is 0. The van der Waals surface area contributed by atoms with Crippen molar-refractivity contribution >= 4 is 35.6 Å². The Morgan fingerprint density at radius 1 is 1.21 bits per heavy atom. The van der Waals surface area contributed by atoms with Crippen molar-refractivity contribution in [3.05, 3.63) is 42.0 Å². The third kappa shape index (κ3) is 5.97. The number of hydrogen-bond donors (Lipinski definition) is 1. The van der Waals surface area contributed by atoms with Gasteiger partial charge in [0.1, 0.15) is 12.9 Å². The lowest BCUT2D eigenvalue weighted by atomic mass is 10.1. The highest BCUT2D eigenvalue weighted by molar-refractivity contribution is 14.0. The van der Waals surface area contributed by atoms with Gasteiger partial charge in [-0.25, -0.2) is 4.99 Å². The molecule has 11 heteroatoms. The number of anilines is 1. The van der Waals surface area contributed by atoms with Gasteiger partial charge in [-0.1, -0.05) is 6.07 Å². The van der Waals surface area contributed by atoms with Gasteiger partial charge in [0.25, 0.3) is 0 Å². The quantitative estimate of drug-likeness (QED) is 0.380. The van der Waals surface area contributed by atoms with Gasteiger partial charge < -0.3 is 19.7 Å². The predicted molar refractivity (Wildman–Crippen MR) is 116 cm³/mol. The number of halogens is 4. The normalized spacial score (nSPS) is 15.3. The van der Waals surface area contributed by atoms with E-state index in [0.717, 1.165) is 24.4 Å². The fourth-order valence-electron chi connectivity index (χ4n) is 3.08. The zero-order valence-electron chi connectivity index (χ0n) is 16.4. The molecule has 1 saturated heterocycles. The first kappa shape index (κ1) is 23.2. The number of alkyl halides is 3. The second kappa shape index (κ2) is 10.1. The van der Waals surface area contributed by atoms with Crippen LogP contribution in [0.15, 0.2) is 35.6 Å². The average Bonchev–Trinajstić information content (AvgIpc) is 3.09. The van der Waals surface area contributed by atoms with Gasteiger partial charge in [0.05, 0.1) is 5.56 Å². The van der Waals surface area contributed by atoms with E-state index in [2.05, 4.69) is 25.4 Å². The Bertz CT molecular complexity index is 814. The van der Waals surface area contributed by atoms with Crippen molar-refractivity contribution in [3.63, 3.8) is 0 Å². The van der Waals surface area contributed by atoms with E-state index in [1.165, 1.54) is 12.1 Å². The molecule has 1 aliphatic rings. The molecule has 160 valence electrons. The molecule has 2 heterocycles. The Hall–Kier alpha value is -2.05. The molecule has 0 saturated carbocycles. The molecule has 0 aliphatic carbocycles. The first-order chi connectivity index (χ1) is 13.4. The first-order valence-corrected chi connectivity index (χ1v) is 9.17. The average molecular weight is 523 g/mol. The largest absolute Gasteiger partial charge is 0.416 e. The molecular weight excluding hydrogens is 498 g/mol. The lowest BCUT2D eigenvalue weighted by Gasteiger charge is -2.37. The molecule has 2 aromatic rings. The zero-order chi connectivity index (χ0) is 20.1. The summed E-state index contributed by atoms with van der Waals surface area (Å²) < 4.78 is 40.7. The maximum Gasteiger partial charge on any atom is 0.416 e. The van der Waals surface area contributed by atoms with Gasteiger partial charge in [0.15, 0.2) is 11.8 Å². The molecule has 0 bridgehead atoms. The van der Waals surface area contributed by atoms with Crippen molar-refractivity contribution in [2.24, 2.45) is 12.0 Å². The Labute approximate surface area is 185 Å². The molecule has 1 aliphatic heterocycles. The van der Waals surface area contributed by atoms with Gasteiger partial charge in [-0.15, -0.1) is 34.2 Å². The van der Waals surface area contributed by atoms with Crippen LogP contribution in [0.5, 0.6) is 0 Å². The maximum absolute atomic E-state index is 13.0. The lowest BCUT2D eigenvalue weighted by molar-refractivity contribution is -0.137. The summed E-state index contributed by atoms with van der Waals surface area (Å²) in [6, 6.07) is 5.49. The second-order valence-corrected chi connectivity index (χ2v) is 6.55. The van der Waals surface area contributed by atoms with Gasteiger partial charge in [-0.3, -0.25) is 0 Å². The molecule has 0 amide bonds. The van der Waals surface area contributed by atoms with Crippen molar-refractivity contribution in [1.82, 2.24) is 25.0 Å². The Balaban J connectivity index is 0.00000300. The fraction of sp³-hybridized carbons (Fsp3) is 0.500. The van der Waals surface area contributed by atoms with Gasteiger partial charge in [0, 0.05) is 45.5 Å². The zero-order valence-corrected chi connectivity index (χ0v) is 18.7. The van der Waals surface area contributed by atoms with Crippen LogP contribution in [-0.4, -0.2) is 58.3 Å². The summed E-state index contributed by atoms with van der Waals surface area (Å²) in [6.45, 7) is 5.71. The van der Waals surface area contributed by atoms with Crippen LogP contribution in [0.25, 0.3) is 0 Å². The van der Waals surface area contributed by atoms with E-state index in [1.807, 2.05) is 23.4 Å². The molecule has 0 radical (unpaired) electrons. The van der Waals surface area contributed by atoms with Crippen LogP contribution in [0.2, 0.25) is 0 Å². The number of guanidine groups is 1. The molecule has 0 spiro atoms. The fourth-order valence-corrected chi connectivity index (χ4v) is 3.08. The Kier molecular flexibility index (Phi) is 8.11. The van der Waals surface area contributed by atoms with Crippen LogP contribution in [-0.2, 0) is 19.8 Å². The summed E-state index contributed by atoms with van der Waals surface area (Å²) in [4.78, 5) is 8.71. The summed E-state index contributed by atoms with van der Waals surface area (Å²) in [6.07, 6.45) is -2.70. The number of nitrogens with one attached hydrogen (secondary N) is 1. The highest BCUT2D eigenvalue weighted by atomic mass is 127. The van der Waals surface area contributed by atoms with Crippen molar-refractivity contribution in [2.75, 3.05) is 37.6 Å². The topological polar surface area (TPSA) is 61.6 Å². The number of hydrogen-bond acceptors (Lipinski definition) is 4. The molecule has 1 aromatic carbocycles. The van der Waals surface area contributed by atoms with Crippen LogP contribution in [0.4, 0.5) is 18.9 Å². The second-order valence-electron chi connectivity index (χ2n) is 6.55. The number of aromatic nitrogens is 3. The maximum atomic E-state index is 13.0. The van der Waals surface area contributed by atoms with Crippen LogP contribution in [0.1, 0.15) is 18.3 Å². The molecule has 1 aromatic heterocycles. The van der Waals surface area contributed by atoms with Gasteiger partial charge in [-0.2, -0.15) is 13.2 Å². The van der Waals surface area contributed by atoms with Gasteiger partial charge in [-0.05, 0) is 25.1 Å².